The third-order valence-corrected chi connectivity index (χ3v) is 2.60. The molecule has 8 heteroatoms. The number of fused-ring (bicyclic) bond motifs is 1. The van der Waals surface area contributed by atoms with Crippen LogP contribution in [0.1, 0.15) is 0 Å². The van der Waals surface area contributed by atoms with Crippen molar-refractivity contribution in [2.75, 3.05) is 0 Å². The van der Waals surface area contributed by atoms with Crippen molar-refractivity contribution in [1.29, 1.82) is 0 Å². The van der Waals surface area contributed by atoms with Gasteiger partial charge in [-0.2, -0.15) is 13.2 Å². The first-order valence-electron chi connectivity index (χ1n) is 4.82. The van der Waals surface area contributed by atoms with E-state index < -0.39 is 23.8 Å². The predicted octanol–water partition coefficient (Wildman–Crippen LogP) is 3.50. The Balaban J connectivity index is 2.51. The Morgan fingerprint density at radius 1 is 1.21 bits per heavy atom. The fourth-order valence-corrected chi connectivity index (χ4v) is 1.62. The molecule has 1 aromatic carbocycles. The normalized spacial score (nSPS) is 11.6. The van der Waals surface area contributed by atoms with Crippen LogP contribution in [-0.2, 0) is 4.79 Å². The summed E-state index contributed by atoms with van der Waals surface area (Å²) in [5.41, 5.74) is 0. The van der Waals surface area contributed by atoms with Crippen LogP contribution >= 0.6 is 11.6 Å². The van der Waals surface area contributed by atoms with E-state index in [-0.39, 0.29) is 15.8 Å². The van der Waals surface area contributed by atoms with E-state index in [1.54, 1.807) is 0 Å². The topological polar surface area (TPSA) is 39.2 Å². The minimum Gasteiger partial charge on any atom is -0.400 e. The standard InChI is InChI=1S/C11H4ClF4NO2/c12-8-5-3-4-17-9(6(5)1-2-7(8)13)19-10(18)11(14,15)16/h1-4H. The second-order valence-electron chi connectivity index (χ2n) is 3.46. The predicted molar refractivity (Wildman–Crippen MR) is 58.4 cm³/mol. The van der Waals surface area contributed by atoms with Crippen molar-refractivity contribution in [1.82, 2.24) is 4.98 Å². The number of hydrogen-bond acceptors (Lipinski definition) is 3. The van der Waals surface area contributed by atoms with E-state index in [0.717, 1.165) is 18.3 Å². The van der Waals surface area contributed by atoms with Crippen LogP contribution in [-0.4, -0.2) is 17.1 Å². The SMILES string of the molecule is O=C(Oc1nccc2c(Cl)c(F)ccc12)C(F)(F)F. The van der Waals surface area contributed by atoms with Crippen LogP contribution < -0.4 is 4.74 Å². The van der Waals surface area contributed by atoms with E-state index in [4.69, 9.17) is 11.6 Å². The number of esters is 1. The number of carbonyl (C=O) groups is 1. The molecule has 0 radical (unpaired) electrons. The molecule has 0 atom stereocenters. The molecule has 0 aliphatic heterocycles. The molecule has 3 nitrogen and oxygen atoms in total. The molecule has 0 N–H and O–H groups in total. The first kappa shape index (κ1) is 13.5. The van der Waals surface area contributed by atoms with E-state index >= 15 is 0 Å². The number of alkyl halides is 3. The van der Waals surface area contributed by atoms with Crippen molar-refractivity contribution in [3.63, 3.8) is 0 Å². The maximum atomic E-state index is 13.2. The van der Waals surface area contributed by atoms with Gasteiger partial charge in [0.15, 0.2) is 0 Å². The van der Waals surface area contributed by atoms with Gasteiger partial charge in [-0.1, -0.05) is 11.6 Å². The van der Waals surface area contributed by atoms with Gasteiger partial charge < -0.3 is 4.74 Å². The van der Waals surface area contributed by atoms with Crippen molar-refractivity contribution >= 4 is 28.3 Å². The number of carbonyl (C=O) groups excluding carboxylic acids is 1. The van der Waals surface area contributed by atoms with E-state index in [1.165, 1.54) is 6.07 Å². The summed E-state index contributed by atoms with van der Waals surface area (Å²) < 4.78 is 53.6. The average Bonchev–Trinajstić information content (AvgIpc) is 2.33. The van der Waals surface area contributed by atoms with Crippen LogP contribution in [0.5, 0.6) is 5.88 Å². The Bertz CT molecular complexity index is 657. The van der Waals surface area contributed by atoms with Crippen LogP contribution in [0.4, 0.5) is 17.6 Å². The third-order valence-electron chi connectivity index (χ3n) is 2.22. The van der Waals surface area contributed by atoms with Crippen LogP contribution in [0.2, 0.25) is 5.02 Å². The van der Waals surface area contributed by atoms with E-state index in [1.807, 2.05) is 0 Å². The molecule has 2 aromatic rings. The van der Waals surface area contributed by atoms with Crippen molar-refractivity contribution in [2.24, 2.45) is 0 Å². The van der Waals surface area contributed by atoms with Gasteiger partial charge >= 0.3 is 12.1 Å². The third kappa shape index (κ3) is 2.60. The maximum absolute atomic E-state index is 13.2. The Kier molecular flexibility index (Phi) is 3.32. The van der Waals surface area contributed by atoms with Gasteiger partial charge in [-0.05, 0) is 18.2 Å². The van der Waals surface area contributed by atoms with Crippen LogP contribution in [0.15, 0.2) is 24.4 Å². The molecule has 0 spiro atoms. The summed E-state index contributed by atoms with van der Waals surface area (Å²) >= 11 is 5.66. The zero-order chi connectivity index (χ0) is 14.2. The summed E-state index contributed by atoms with van der Waals surface area (Å²) in [5, 5.41) is -0.183. The highest BCUT2D eigenvalue weighted by Crippen LogP contribution is 2.31. The molecular weight excluding hydrogens is 290 g/mol. The smallest absolute Gasteiger partial charge is 0.400 e. The zero-order valence-electron chi connectivity index (χ0n) is 8.96. The average molecular weight is 294 g/mol. The summed E-state index contributed by atoms with van der Waals surface area (Å²) in [6.07, 6.45) is -4.08. The molecule has 2 rings (SSSR count). The fourth-order valence-electron chi connectivity index (χ4n) is 1.39. The number of aromatic nitrogens is 1. The Morgan fingerprint density at radius 2 is 1.89 bits per heavy atom. The van der Waals surface area contributed by atoms with Gasteiger partial charge in [-0.25, -0.2) is 14.2 Å². The molecule has 19 heavy (non-hydrogen) atoms. The van der Waals surface area contributed by atoms with E-state index in [2.05, 4.69) is 9.72 Å². The van der Waals surface area contributed by atoms with Gasteiger partial charge in [0.05, 0.1) is 5.02 Å². The highest BCUT2D eigenvalue weighted by Gasteiger charge is 2.41. The highest BCUT2D eigenvalue weighted by atomic mass is 35.5. The lowest BCUT2D eigenvalue weighted by Gasteiger charge is -2.09. The summed E-state index contributed by atoms with van der Waals surface area (Å²) in [6, 6.07) is 3.37. The second kappa shape index (κ2) is 4.65. The van der Waals surface area contributed by atoms with Gasteiger partial charge in [0, 0.05) is 17.0 Å². The molecule has 0 fully saturated rings. The highest BCUT2D eigenvalue weighted by molar-refractivity contribution is 6.35. The fraction of sp³-hybridized carbons (Fsp3) is 0.0909. The number of halogens is 5. The van der Waals surface area contributed by atoms with Crippen LogP contribution in [0.3, 0.4) is 0 Å². The molecule has 0 saturated heterocycles. The minimum atomic E-state index is -5.15. The zero-order valence-corrected chi connectivity index (χ0v) is 9.72. The maximum Gasteiger partial charge on any atom is 0.491 e. The molecular formula is C11H4ClF4NO2. The van der Waals surface area contributed by atoms with E-state index in [0.29, 0.717) is 0 Å². The molecule has 1 heterocycles. The lowest BCUT2D eigenvalue weighted by molar-refractivity contribution is -0.189. The summed E-state index contributed by atoms with van der Waals surface area (Å²) in [6.45, 7) is 0. The summed E-state index contributed by atoms with van der Waals surface area (Å²) in [4.78, 5) is 14.2. The number of pyridine rings is 1. The molecule has 0 bridgehead atoms. The van der Waals surface area contributed by atoms with Gasteiger partial charge in [0.25, 0.3) is 0 Å². The van der Waals surface area contributed by atoms with Gasteiger partial charge in [-0.15, -0.1) is 0 Å². The lowest BCUT2D eigenvalue weighted by Crippen LogP contribution is -2.28. The molecule has 0 unspecified atom stereocenters. The molecule has 1 aromatic heterocycles. The molecule has 0 aliphatic carbocycles. The molecule has 0 amide bonds. The van der Waals surface area contributed by atoms with Gasteiger partial charge in [-0.3, -0.25) is 0 Å². The van der Waals surface area contributed by atoms with Crippen molar-refractivity contribution in [3.8, 4) is 5.88 Å². The number of rotatable bonds is 1. The summed E-state index contributed by atoms with van der Waals surface area (Å²) in [7, 11) is 0. The van der Waals surface area contributed by atoms with Gasteiger partial charge in [0.1, 0.15) is 5.82 Å². The number of benzene rings is 1. The van der Waals surface area contributed by atoms with Gasteiger partial charge in [0.2, 0.25) is 5.88 Å². The second-order valence-corrected chi connectivity index (χ2v) is 3.84. The largest absolute Gasteiger partial charge is 0.491 e. The molecule has 0 saturated carbocycles. The Labute approximate surface area is 108 Å². The number of nitrogens with zero attached hydrogens (tertiary/aromatic N) is 1. The monoisotopic (exact) mass is 293 g/mol. The van der Waals surface area contributed by atoms with Crippen molar-refractivity contribution < 1.29 is 27.1 Å². The lowest BCUT2D eigenvalue weighted by atomic mass is 10.1. The first-order chi connectivity index (χ1) is 8.80. The Hall–Kier alpha value is -1.89. The van der Waals surface area contributed by atoms with E-state index in [9.17, 15) is 22.4 Å². The number of hydrogen-bond donors (Lipinski definition) is 0. The molecule has 0 aliphatic rings. The molecule has 100 valence electrons. The Morgan fingerprint density at radius 3 is 2.53 bits per heavy atom. The number of ether oxygens (including phenoxy) is 1. The van der Waals surface area contributed by atoms with Crippen molar-refractivity contribution in [2.45, 2.75) is 6.18 Å². The minimum absolute atomic E-state index is 0.00602. The van der Waals surface area contributed by atoms with Crippen LogP contribution in [0, 0.1) is 5.82 Å². The van der Waals surface area contributed by atoms with Crippen LogP contribution in [0.25, 0.3) is 10.8 Å². The summed E-state index contributed by atoms with van der Waals surface area (Å²) in [5.74, 6) is -3.73. The van der Waals surface area contributed by atoms with Crippen molar-refractivity contribution in [3.05, 3.63) is 35.2 Å². The quantitative estimate of drug-likeness (QED) is 0.597. The first-order valence-corrected chi connectivity index (χ1v) is 5.20.